The number of aromatic nitrogens is 2. The summed E-state index contributed by atoms with van der Waals surface area (Å²) in [6.07, 6.45) is 4.77. The molecule has 0 aliphatic heterocycles. The van der Waals surface area contributed by atoms with Gasteiger partial charge in [-0.25, -0.2) is 9.37 Å². The zero-order valence-corrected chi connectivity index (χ0v) is 15.8. The Kier molecular flexibility index (Phi) is 4.78. The van der Waals surface area contributed by atoms with E-state index < -0.39 is 0 Å². The molecule has 2 aromatic heterocycles. The van der Waals surface area contributed by atoms with Crippen LogP contribution in [0.25, 0.3) is 10.2 Å². The maximum Gasteiger partial charge on any atom is 0.259 e. The van der Waals surface area contributed by atoms with Gasteiger partial charge in [-0.05, 0) is 61.9 Å². The van der Waals surface area contributed by atoms with Gasteiger partial charge in [0.2, 0.25) is 5.91 Å². The second-order valence-electron chi connectivity index (χ2n) is 6.91. The number of anilines is 1. The molecule has 7 heteroatoms. The molecule has 0 saturated carbocycles. The second kappa shape index (κ2) is 7.23. The molecule has 3 aromatic rings. The number of nitrogens with zero attached hydrogens (tertiary/aromatic N) is 1. The molecule has 140 valence electrons. The van der Waals surface area contributed by atoms with E-state index in [4.69, 9.17) is 0 Å². The van der Waals surface area contributed by atoms with E-state index in [0.717, 1.165) is 41.5 Å². The number of carbonyl (C=O) groups is 1. The number of hydrogen-bond donors (Lipinski definition) is 2. The highest BCUT2D eigenvalue weighted by Crippen LogP contribution is 2.33. The number of carbonyl (C=O) groups excluding carboxylic acids is 1. The summed E-state index contributed by atoms with van der Waals surface area (Å²) in [5.74, 6) is -0.00535. The molecule has 0 unspecified atom stereocenters. The van der Waals surface area contributed by atoms with Crippen molar-refractivity contribution in [1.82, 2.24) is 9.97 Å². The van der Waals surface area contributed by atoms with Crippen LogP contribution in [0.4, 0.5) is 10.1 Å². The number of hydrogen-bond acceptors (Lipinski definition) is 4. The first-order valence-corrected chi connectivity index (χ1v) is 9.92. The van der Waals surface area contributed by atoms with Gasteiger partial charge in [0.15, 0.2) is 0 Å². The van der Waals surface area contributed by atoms with Crippen molar-refractivity contribution in [1.29, 1.82) is 0 Å². The summed E-state index contributed by atoms with van der Waals surface area (Å²) in [4.78, 5) is 34.2. The van der Waals surface area contributed by atoms with Crippen LogP contribution in [-0.4, -0.2) is 15.9 Å². The lowest BCUT2D eigenvalue weighted by molar-refractivity contribution is -0.116. The van der Waals surface area contributed by atoms with Gasteiger partial charge in [-0.15, -0.1) is 11.3 Å². The third-order valence-electron chi connectivity index (χ3n) is 4.93. The summed E-state index contributed by atoms with van der Waals surface area (Å²) in [5.41, 5.74) is 2.31. The van der Waals surface area contributed by atoms with Crippen molar-refractivity contribution < 1.29 is 9.18 Å². The topological polar surface area (TPSA) is 74.8 Å². The van der Waals surface area contributed by atoms with Gasteiger partial charge >= 0.3 is 0 Å². The van der Waals surface area contributed by atoms with Crippen LogP contribution in [0.3, 0.4) is 0 Å². The van der Waals surface area contributed by atoms with Gasteiger partial charge in [0.25, 0.3) is 5.56 Å². The minimum atomic E-state index is -0.334. The van der Waals surface area contributed by atoms with Gasteiger partial charge in [0.1, 0.15) is 16.5 Å². The molecule has 0 bridgehead atoms. The van der Waals surface area contributed by atoms with Crippen LogP contribution in [-0.2, 0) is 24.1 Å². The summed E-state index contributed by atoms with van der Waals surface area (Å²) in [6, 6.07) is 4.24. The highest BCUT2D eigenvalue weighted by molar-refractivity contribution is 7.18. The quantitative estimate of drug-likeness (QED) is 0.716. The van der Waals surface area contributed by atoms with Crippen LogP contribution in [0.2, 0.25) is 0 Å². The van der Waals surface area contributed by atoms with E-state index in [1.165, 1.54) is 17.0 Å². The van der Waals surface area contributed by atoms with Crippen LogP contribution in [0.5, 0.6) is 0 Å². The molecule has 1 aromatic carbocycles. The fourth-order valence-corrected chi connectivity index (χ4v) is 4.82. The molecule has 0 atom stereocenters. The first-order valence-electron chi connectivity index (χ1n) is 9.10. The summed E-state index contributed by atoms with van der Waals surface area (Å²) in [7, 11) is 0. The molecule has 5 nitrogen and oxygen atoms in total. The Morgan fingerprint density at radius 3 is 2.96 bits per heavy atom. The van der Waals surface area contributed by atoms with E-state index in [1.54, 1.807) is 24.3 Å². The lowest BCUT2D eigenvalue weighted by atomic mass is 9.97. The minimum absolute atomic E-state index is 0.107. The highest BCUT2D eigenvalue weighted by Gasteiger charge is 2.20. The fraction of sp³-hybridized carbons (Fsp3) is 0.350. The molecular weight excluding hydrogens is 365 g/mol. The highest BCUT2D eigenvalue weighted by atomic mass is 32.1. The summed E-state index contributed by atoms with van der Waals surface area (Å²) in [6.45, 7) is 1.74. The van der Waals surface area contributed by atoms with Crippen LogP contribution >= 0.6 is 11.3 Å². The number of amides is 1. The third-order valence-corrected chi connectivity index (χ3v) is 6.11. The molecule has 1 amide bonds. The van der Waals surface area contributed by atoms with E-state index in [1.807, 2.05) is 0 Å². The van der Waals surface area contributed by atoms with Crippen LogP contribution in [0, 0.1) is 12.7 Å². The smallest absolute Gasteiger partial charge is 0.259 e. The molecular formula is C20H20FN3O2S. The number of aromatic amines is 1. The molecule has 2 heterocycles. The summed E-state index contributed by atoms with van der Waals surface area (Å²) < 4.78 is 13.2. The lowest BCUT2D eigenvalue weighted by Crippen LogP contribution is -2.17. The van der Waals surface area contributed by atoms with Crippen molar-refractivity contribution in [3.05, 3.63) is 56.2 Å². The molecule has 1 aliphatic rings. The van der Waals surface area contributed by atoms with Crippen LogP contribution in [0.15, 0.2) is 23.0 Å². The van der Waals surface area contributed by atoms with Gasteiger partial charge in [0.05, 0.1) is 5.39 Å². The van der Waals surface area contributed by atoms with Gasteiger partial charge < -0.3 is 10.3 Å². The number of fused-ring (bicyclic) bond motifs is 3. The number of H-pyrrole nitrogens is 1. The van der Waals surface area contributed by atoms with Crippen molar-refractivity contribution >= 4 is 33.1 Å². The van der Waals surface area contributed by atoms with Crippen molar-refractivity contribution in [2.75, 3.05) is 5.32 Å². The molecule has 0 fully saturated rings. The van der Waals surface area contributed by atoms with Gasteiger partial charge in [-0.1, -0.05) is 0 Å². The Hall–Kier alpha value is -2.54. The van der Waals surface area contributed by atoms with Gasteiger partial charge in [-0.3, -0.25) is 9.59 Å². The number of thiophene rings is 1. The molecule has 0 saturated heterocycles. The number of benzene rings is 1. The predicted octanol–water partition coefficient (Wildman–Crippen LogP) is 3.88. The van der Waals surface area contributed by atoms with Crippen molar-refractivity contribution in [2.24, 2.45) is 0 Å². The Labute approximate surface area is 159 Å². The Balaban J connectivity index is 1.48. The Morgan fingerprint density at radius 1 is 1.33 bits per heavy atom. The third kappa shape index (κ3) is 3.64. The van der Waals surface area contributed by atoms with Gasteiger partial charge in [-0.2, -0.15) is 0 Å². The van der Waals surface area contributed by atoms with Crippen molar-refractivity contribution in [3.63, 3.8) is 0 Å². The van der Waals surface area contributed by atoms with E-state index in [0.29, 0.717) is 23.5 Å². The molecule has 1 aliphatic carbocycles. The normalized spacial score (nSPS) is 13.6. The number of nitrogens with one attached hydrogen (secondary N) is 2. The molecule has 0 spiro atoms. The van der Waals surface area contributed by atoms with E-state index in [9.17, 15) is 14.0 Å². The monoisotopic (exact) mass is 385 g/mol. The molecule has 27 heavy (non-hydrogen) atoms. The molecule has 4 rings (SSSR count). The molecule has 2 N–H and O–H groups in total. The SMILES string of the molecule is Cc1cc(F)ccc1NC(=O)CCc1nc2sc3c(c2c(=O)[nH]1)CCCC3. The van der Waals surface area contributed by atoms with Crippen LogP contribution in [0.1, 0.15) is 41.1 Å². The first-order chi connectivity index (χ1) is 13.0. The Bertz CT molecular complexity index is 1090. The average Bonchev–Trinajstić information content (AvgIpc) is 3.01. The fourth-order valence-electron chi connectivity index (χ4n) is 3.54. The van der Waals surface area contributed by atoms with E-state index >= 15 is 0 Å². The van der Waals surface area contributed by atoms with Crippen molar-refractivity contribution in [3.8, 4) is 0 Å². The standard InChI is InChI=1S/C20H20FN3O2S/c1-11-10-12(21)6-7-14(11)22-17(25)9-8-16-23-19(26)18-13-4-2-3-5-15(13)27-20(18)24-16/h6-7,10H,2-5,8-9H2,1H3,(H,22,25)(H,23,24,26). The maximum absolute atomic E-state index is 13.2. The number of halogens is 1. The first kappa shape index (κ1) is 17.9. The van der Waals surface area contributed by atoms with E-state index in [-0.39, 0.29) is 23.7 Å². The van der Waals surface area contributed by atoms with Crippen LogP contribution < -0.4 is 10.9 Å². The zero-order valence-electron chi connectivity index (χ0n) is 15.0. The summed E-state index contributed by atoms with van der Waals surface area (Å²) >= 11 is 1.60. The zero-order chi connectivity index (χ0) is 19.0. The summed E-state index contributed by atoms with van der Waals surface area (Å²) in [5, 5.41) is 3.50. The molecule has 0 radical (unpaired) electrons. The van der Waals surface area contributed by atoms with Crippen molar-refractivity contribution in [2.45, 2.75) is 45.4 Å². The second-order valence-corrected chi connectivity index (χ2v) is 7.99. The average molecular weight is 385 g/mol. The van der Waals surface area contributed by atoms with Gasteiger partial charge in [0, 0.05) is 23.4 Å². The van der Waals surface area contributed by atoms with E-state index in [2.05, 4.69) is 15.3 Å². The Morgan fingerprint density at radius 2 is 2.15 bits per heavy atom. The number of rotatable bonds is 4. The largest absolute Gasteiger partial charge is 0.326 e. The lowest BCUT2D eigenvalue weighted by Gasteiger charge is -2.09. The minimum Gasteiger partial charge on any atom is -0.326 e. The maximum atomic E-state index is 13.2. The number of aryl methyl sites for hydroxylation is 4. The predicted molar refractivity (Wildman–Crippen MR) is 105 cm³/mol.